The van der Waals surface area contributed by atoms with Crippen molar-refractivity contribution in [3.05, 3.63) is 63.1 Å². The molecule has 34 heavy (non-hydrogen) atoms. The van der Waals surface area contributed by atoms with Gasteiger partial charge in [0.15, 0.2) is 0 Å². The summed E-state index contributed by atoms with van der Waals surface area (Å²) < 4.78 is 5.58. The Labute approximate surface area is 207 Å². The third-order valence-electron chi connectivity index (χ3n) is 6.74. The summed E-state index contributed by atoms with van der Waals surface area (Å²) >= 11 is 12.8. The van der Waals surface area contributed by atoms with Crippen LogP contribution < -0.4 is 10.6 Å². The van der Waals surface area contributed by atoms with Crippen LogP contribution in [0.5, 0.6) is 5.75 Å². The zero-order valence-corrected chi connectivity index (χ0v) is 20.2. The summed E-state index contributed by atoms with van der Waals surface area (Å²) in [5, 5.41) is 18.4. The Kier molecular flexibility index (Phi) is 7.28. The van der Waals surface area contributed by atoms with Crippen LogP contribution in [-0.4, -0.2) is 41.1 Å². The van der Waals surface area contributed by atoms with Gasteiger partial charge >= 0.3 is 5.97 Å². The van der Waals surface area contributed by atoms with Gasteiger partial charge in [-0.05, 0) is 42.7 Å². The van der Waals surface area contributed by atoms with Gasteiger partial charge in [0.05, 0.1) is 31.7 Å². The van der Waals surface area contributed by atoms with E-state index in [4.69, 9.17) is 33.8 Å². The first-order chi connectivity index (χ1) is 16.4. The SMILES string of the molecule is COc1cccc2c1[C@@H](CC(=O)O)[C@H](c1ccc(Cl)cc1Cl)N([C@H]1CCCC[C@@H]1N=NN)C2=O. The fourth-order valence-corrected chi connectivity index (χ4v) is 5.93. The number of nitrogens with two attached hydrogens (primary N) is 1. The highest BCUT2D eigenvalue weighted by Gasteiger charge is 2.48. The average Bonchev–Trinajstić information content (AvgIpc) is 2.81. The standard InChI is InChI=1S/C24H26Cl2N4O4/c1-34-20-8-4-5-15-22(20)16(12-21(31)32)23(14-10-9-13(25)11-17(14)26)30(24(15)33)19-7-3-2-6-18(19)28-29-27/h4-5,8-11,16,18-19,23H,2-3,6-7,12H2,1H3,(H2,27,28)(H,31,32)/t16-,18+,19+,23+/m1/s1. The lowest BCUT2D eigenvalue weighted by Crippen LogP contribution is -2.53. The summed E-state index contributed by atoms with van der Waals surface area (Å²) in [7, 11) is 1.51. The van der Waals surface area contributed by atoms with Crippen LogP contribution >= 0.6 is 23.2 Å². The van der Waals surface area contributed by atoms with Gasteiger partial charge < -0.3 is 20.6 Å². The number of halogens is 2. The van der Waals surface area contributed by atoms with E-state index in [2.05, 4.69) is 10.3 Å². The Morgan fingerprint density at radius 2 is 2.00 bits per heavy atom. The number of carbonyl (C=O) groups is 2. The smallest absolute Gasteiger partial charge is 0.304 e. The summed E-state index contributed by atoms with van der Waals surface area (Å²) in [6.45, 7) is 0. The fraction of sp³-hybridized carbons (Fsp3) is 0.417. The lowest BCUT2D eigenvalue weighted by molar-refractivity contribution is -0.138. The first kappa shape index (κ1) is 24.3. The van der Waals surface area contributed by atoms with Crippen molar-refractivity contribution in [3.63, 3.8) is 0 Å². The van der Waals surface area contributed by atoms with Crippen LogP contribution in [0.1, 0.15) is 65.5 Å². The number of methoxy groups -OCH3 is 1. The van der Waals surface area contributed by atoms with E-state index in [0.29, 0.717) is 38.9 Å². The lowest BCUT2D eigenvalue weighted by atomic mass is 9.75. The van der Waals surface area contributed by atoms with E-state index in [1.165, 1.54) is 7.11 Å². The molecular weight excluding hydrogens is 479 g/mol. The quantitative estimate of drug-likeness (QED) is 0.310. The second kappa shape index (κ2) is 10.2. The van der Waals surface area contributed by atoms with E-state index in [-0.39, 0.29) is 24.4 Å². The maximum atomic E-state index is 14.1. The van der Waals surface area contributed by atoms with E-state index in [9.17, 15) is 14.7 Å². The summed E-state index contributed by atoms with van der Waals surface area (Å²) in [6.07, 6.45) is 3.04. The van der Waals surface area contributed by atoms with Gasteiger partial charge in [0, 0.05) is 27.1 Å². The third-order valence-corrected chi connectivity index (χ3v) is 7.31. The van der Waals surface area contributed by atoms with E-state index < -0.39 is 17.9 Å². The summed E-state index contributed by atoms with van der Waals surface area (Å²) in [5.41, 5.74) is 1.61. The maximum Gasteiger partial charge on any atom is 0.304 e. The molecule has 1 amide bonds. The number of benzene rings is 2. The second-order valence-corrected chi connectivity index (χ2v) is 9.44. The van der Waals surface area contributed by atoms with Crippen LogP contribution in [0.2, 0.25) is 10.0 Å². The van der Waals surface area contributed by atoms with E-state index in [0.717, 1.165) is 19.3 Å². The highest BCUT2D eigenvalue weighted by molar-refractivity contribution is 6.35. The molecule has 1 aliphatic heterocycles. The number of carboxylic acid groups (broad SMARTS) is 1. The number of ether oxygens (including phenoxy) is 1. The molecule has 1 fully saturated rings. The van der Waals surface area contributed by atoms with E-state index in [1.807, 2.05) is 0 Å². The molecule has 1 heterocycles. The summed E-state index contributed by atoms with van der Waals surface area (Å²) in [6, 6.07) is 8.96. The average molecular weight is 505 g/mol. The molecule has 0 bridgehead atoms. The molecule has 0 saturated heterocycles. The molecule has 8 nitrogen and oxygen atoms in total. The molecule has 0 unspecified atom stereocenters. The molecule has 4 atom stereocenters. The van der Waals surface area contributed by atoms with Crippen molar-refractivity contribution in [3.8, 4) is 5.75 Å². The normalized spacial score (nSPS) is 24.8. The predicted molar refractivity (Wildman–Crippen MR) is 128 cm³/mol. The monoisotopic (exact) mass is 504 g/mol. The highest BCUT2D eigenvalue weighted by Crippen LogP contribution is 2.51. The van der Waals surface area contributed by atoms with Crippen molar-refractivity contribution in [1.82, 2.24) is 4.90 Å². The second-order valence-electron chi connectivity index (χ2n) is 8.60. The van der Waals surface area contributed by atoms with Crippen molar-refractivity contribution in [2.75, 3.05) is 7.11 Å². The number of fused-ring (bicyclic) bond motifs is 1. The number of hydrogen-bond donors (Lipinski definition) is 2. The molecule has 10 heteroatoms. The highest BCUT2D eigenvalue weighted by atomic mass is 35.5. The topological polar surface area (TPSA) is 118 Å². The van der Waals surface area contributed by atoms with Gasteiger partial charge in [0.25, 0.3) is 5.91 Å². The molecule has 2 aliphatic rings. The molecule has 1 aliphatic carbocycles. The molecule has 3 N–H and O–H groups in total. The first-order valence-corrected chi connectivity index (χ1v) is 11.9. The summed E-state index contributed by atoms with van der Waals surface area (Å²) in [4.78, 5) is 27.9. The van der Waals surface area contributed by atoms with Crippen molar-refractivity contribution >= 4 is 35.1 Å². The minimum atomic E-state index is -0.993. The zero-order chi connectivity index (χ0) is 24.4. The van der Waals surface area contributed by atoms with Gasteiger partial charge in [-0.25, -0.2) is 0 Å². The van der Waals surface area contributed by atoms with Crippen molar-refractivity contribution in [2.24, 2.45) is 16.2 Å². The van der Waals surface area contributed by atoms with Gasteiger partial charge in [-0.2, -0.15) is 5.11 Å². The Morgan fingerprint density at radius 1 is 1.24 bits per heavy atom. The van der Waals surface area contributed by atoms with Crippen LogP contribution in [0.15, 0.2) is 46.7 Å². The Balaban J connectivity index is 1.98. The number of carboxylic acids is 1. The lowest BCUT2D eigenvalue weighted by Gasteiger charge is -2.48. The van der Waals surface area contributed by atoms with Gasteiger partial charge in [-0.1, -0.05) is 53.4 Å². The van der Waals surface area contributed by atoms with E-state index in [1.54, 1.807) is 41.3 Å². The molecule has 4 rings (SSSR count). The van der Waals surface area contributed by atoms with Crippen LogP contribution in [0.4, 0.5) is 0 Å². The van der Waals surface area contributed by atoms with Crippen molar-refractivity contribution in [2.45, 2.75) is 56.1 Å². The third kappa shape index (κ3) is 4.44. The first-order valence-electron chi connectivity index (χ1n) is 11.1. The number of amides is 1. The molecule has 1 saturated carbocycles. The minimum Gasteiger partial charge on any atom is -0.496 e. The number of rotatable bonds is 6. The van der Waals surface area contributed by atoms with Crippen molar-refractivity contribution in [1.29, 1.82) is 0 Å². The van der Waals surface area contributed by atoms with Crippen LogP contribution in [0.25, 0.3) is 0 Å². The zero-order valence-electron chi connectivity index (χ0n) is 18.7. The van der Waals surface area contributed by atoms with Gasteiger partial charge in [0.2, 0.25) is 0 Å². The largest absolute Gasteiger partial charge is 0.496 e. The number of carbonyl (C=O) groups excluding carboxylic acids is 1. The molecule has 0 aromatic heterocycles. The molecule has 180 valence electrons. The molecular formula is C24H26Cl2N4O4. The van der Waals surface area contributed by atoms with Gasteiger partial charge in [-0.3, -0.25) is 9.59 Å². The summed E-state index contributed by atoms with van der Waals surface area (Å²) in [5.74, 6) is 4.04. The maximum absolute atomic E-state index is 14.1. The number of nitrogens with zero attached hydrogens (tertiary/aromatic N) is 3. The molecule has 0 radical (unpaired) electrons. The van der Waals surface area contributed by atoms with E-state index >= 15 is 0 Å². The Morgan fingerprint density at radius 3 is 2.68 bits per heavy atom. The van der Waals surface area contributed by atoms with Gasteiger partial charge in [0.1, 0.15) is 5.75 Å². The molecule has 0 spiro atoms. The van der Waals surface area contributed by atoms with Crippen LogP contribution in [0, 0.1) is 0 Å². The van der Waals surface area contributed by atoms with Crippen molar-refractivity contribution < 1.29 is 19.4 Å². The van der Waals surface area contributed by atoms with Crippen LogP contribution in [-0.2, 0) is 4.79 Å². The fourth-order valence-electron chi connectivity index (χ4n) is 5.41. The molecule has 2 aromatic rings. The minimum absolute atomic E-state index is 0.226. The van der Waals surface area contributed by atoms with Crippen LogP contribution in [0.3, 0.4) is 0 Å². The Hall–Kier alpha value is -2.84. The number of aliphatic carboxylic acids is 1. The Bertz CT molecular complexity index is 1130. The van der Waals surface area contributed by atoms with Gasteiger partial charge in [-0.15, -0.1) is 0 Å². The molecule has 2 aromatic carbocycles. The number of hydrogen-bond acceptors (Lipinski definition) is 5. The predicted octanol–water partition coefficient (Wildman–Crippen LogP) is 5.39.